The van der Waals surface area contributed by atoms with Gasteiger partial charge in [-0.1, -0.05) is 0 Å². The number of halogens is 4. The van der Waals surface area contributed by atoms with E-state index in [1.807, 2.05) is 0 Å². The van der Waals surface area contributed by atoms with Gasteiger partial charge >= 0.3 is 0 Å². The Hall–Kier alpha value is -0.830. The van der Waals surface area contributed by atoms with Gasteiger partial charge in [-0.15, -0.1) is 12.4 Å². The molecule has 21 heavy (non-hydrogen) atoms. The van der Waals surface area contributed by atoms with Crippen LogP contribution in [0.3, 0.4) is 0 Å². The maximum absolute atomic E-state index is 13.6. The second kappa shape index (κ2) is 6.95. The van der Waals surface area contributed by atoms with E-state index in [1.165, 1.54) is 0 Å². The van der Waals surface area contributed by atoms with Crippen LogP contribution in [0.1, 0.15) is 12.8 Å². The second-order valence-electron chi connectivity index (χ2n) is 4.67. The fourth-order valence-electron chi connectivity index (χ4n) is 2.29. The number of hydrogen-bond acceptors (Lipinski definition) is 3. The smallest absolute Gasteiger partial charge is 0.248 e. The Morgan fingerprint density at radius 3 is 2.05 bits per heavy atom. The summed E-state index contributed by atoms with van der Waals surface area (Å²) in [7, 11) is -2.51. The molecular formula is C12H16ClF3N2O2S. The third-order valence-electron chi connectivity index (χ3n) is 3.42. The molecule has 2 rings (SSSR count). The van der Waals surface area contributed by atoms with Gasteiger partial charge in [0, 0.05) is 31.3 Å². The van der Waals surface area contributed by atoms with Crippen molar-refractivity contribution in [2.45, 2.75) is 23.8 Å². The van der Waals surface area contributed by atoms with Gasteiger partial charge in [-0.2, -0.15) is 4.31 Å². The lowest BCUT2D eigenvalue weighted by atomic mass is 10.1. The molecule has 0 atom stereocenters. The Balaban J connectivity index is 0.00000220. The van der Waals surface area contributed by atoms with Crippen LogP contribution in [0.25, 0.3) is 0 Å². The monoisotopic (exact) mass is 344 g/mol. The maximum Gasteiger partial charge on any atom is 0.248 e. The topological polar surface area (TPSA) is 49.4 Å². The summed E-state index contributed by atoms with van der Waals surface area (Å²) < 4.78 is 65.6. The number of rotatable bonds is 3. The van der Waals surface area contributed by atoms with Crippen LogP contribution in [-0.2, 0) is 10.0 Å². The van der Waals surface area contributed by atoms with Gasteiger partial charge in [0.15, 0.2) is 4.90 Å². The Labute approximate surface area is 127 Å². The number of nitrogens with zero attached hydrogens (tertiary/aromatic N) is 1. The van der Waals surface area contributed by atoms with Crippen LogP contribution in [0.4, 0.5) is 13.2 Å². The quantitative estimate of drug-likeness (QED) is 0.911. The van der Waals surface area contributed by atoms with E-state index in [2.05, 4.69) is 5.32 Å². The molecule has 0 spiro atoms. The van der Waals surface area contributed by atoms with Gasteiger partial charge < -0.3 is 5.32 Å². The molecule has 1 aromatic rings. The summed E-state index contributed by atoms with van der Waals surface area (Å²) in [5.74, 6) is -3.95. The van der Waals surface area contributed by atoms with E-state index >= 15 is 0 Å². The molecular weight excluding hydrogens is 329 g/mol. The molecule has 1 saturated heterocycles. The summed E-state index contributed by atoms with van der Waals surface area (Å²) in [5.41, 5.74) is 0. The van der Waals surface area contributed by atoms with Crippen molar-refractivity contribution in [2.75, 3.05) is 20.1 Å². The van der Waals surface area contributed by atoms with Crippen molar-refractivity contribution >= 4 is 22.4 Å². The molecule has 1 heterocycles. The summed E-state index contributed by atoms with van der Waals surface area (Å²) in [6.07, 6.45) is 1.11. The summed E-state index contributed by atoms with van der Waals surface area (Å²) in [6.45, 7) is 0.341. The largest absolute Gasteiger partial charge is 0.317 e. The normalized spacial score (nSPS) is 17.5. The predicted octanol–water partition coefficient (Wildman–Crippen LogP) is 1.90. The molecule has 0 bridgehead atoms. The molecule has 0 aromatic heterocycles. The van der Waals surface area contributed by atoms with Crippen LogP contribution in [0.15, 0.2) is 17.0 Å². The van der Waals surface area contributed by atoms with Crippen molar-refractivity contribution in [3.63, 3.8) is 0 Å². The zero-order valence-electron chi connectivity index (χ0n) is 11.3. The van der Waals surface area contributed by atoms with Crippen LogP contribution in [0, 0.1) is 17.5 Å². The first-order valence-corrected chi connectivity index (χ1v) is 7.62. The van der Waals surface area contributed by atoms with Crippen molar-refractivity contribution < 1.29 is 21.6 Å². The van der Waals surface area contributed by atoms with Crippen molar-refractivity contribution in [3.05, 3.63) is 29.6 Å². The number of piperidine rings is 1. The molecule has 0 radical (unpaired) electrons. The van der Waals surface area contributed by atoms with E-state index in [-0.39, 0.29) is 31.5 Å². The van der Waals surface area contributed by atoms with E-state index in [9.17, 15) is 21.6 Å². The second-order valence-corrected chi connectivity index (χ2v) is 6.54. The molecule has 4 nitrogen and oxygen atoms in total. The summed E-state index contributed by atoms with van der Waals surface area (Å²) in [4.78, 5) is -1.08. The van der Waals surface area contributed by atoms with Crippen molar-refractivity contribution in [3.8, 4) is 0 Å². The van der Waals surface area contributed by atoms with E-state index in [1.54, 1.807) is 7.05 Å². The minimum Gasteiger partial charge on any atom is -0.317 e. The minimum absolute atomic E-state index is 0. The lowest BCUT2D eigenvalue weighted by molar-refractivity contribution is 0.296. The van der Waals surface area contributed by atoms with E-state index in [4.69, 9.17) is 0 Å². The van der Waals surface area contributed by atoms with Crippen LogP contribution in [0.2, 0.25) is 0 Å². The van der Waals surface area contributed by atoms with E-state index < -0.39 is 32.4 Å². The zero-order chi connectivity index (χ0) is 14.9. The molecule has 0 unspecified atom stereocenters. The lowest BCUT2D eigenvalue weighted by Gasteiger charge is -2.31. The number of sulfonamides is 1. The highest BCUT2D eigenvalue weighted by molar-refractivity contribution is 7.89. The molecule has 0 amide bonds. The van der Waals surface area contributed by atoms with Gasteiger partial charge in [-0.3, -0.25) is 0 Å². The summed E-state index contributed by atoms with van der Waals surface area (Å²) in [6, 6.07) is 0.927. The highest BCUT2D eigenvalue weighted by atomic mass is 35.5. The number of hydrogen-bond donors (Lipinski definition) is 1. The molecule has 0 aliphatic carbocycles. The predicted molar refractivity (Wildman–Crippen MR) is 74.4 cm³/mol. The molecule has 1 aliphatic heterocycles. The molecule has 1 aromatic carbocycles. The van der Waals surface area contributed by atoms with Crippen molar-refractivity contribution in [1.82, 2.24) is 9.62 Å². The standard InChI is InChI=1S/C12H15F3N2O2S.ClH/c1-16-9-2-4-17(5-3-9)20(18,19)12-10(14)6-8(13)7-11(12)15;/h6-7,9,16H,2-5H2,1H3;1H. The average Bonchev–Trinajstić information content (AvgIpc) is 2.37. The zero-order valence-corrected chi connectivity index (χ0v) is 12.9. The number of nitrogens with one attached hydrogen (secondary N) is 1. The molecule has 1 fully saturated rings. The fraction of sp³-hybridized carbons (Fsp3) is 0.500. The van der Waals surface area contributed by atoms with Crippen LogP contribution in [-0.4, -0.2) is 38.9 Å². The van der Waals surface area contributed by atoms with Gasteiger partial charge in [-0.25, -0.2) is 21.6 Å². The van der Waals surface area contributed by atoms with Gasteiger partial charge in [0.05, 0.1) is 0 Å². The van der Waals surface area contributed by atoms with Crippen molar-refractivity contribution in [1.29, 1.82) is 0 Å². The highest BCUT2D eigenvalue weighted by Crippen LogP contribution is 2.26. The van der Waals surface area contributed by atoms with Crippen molar-refractivity contribution in [2.24, 2.45) is 0 Å². The molecule has 9 heteroatoms. The third kappa shape index (κ3) is 3.68. The lowest BCUT2D eigenvalue weighted by Crippen LogP contribution is -2.44. The molecule has 1 N–H and O–H groups in total. The average molecular weight is 345 g/mol. The van der Waals surface area contributed by atoms with Crippen LogP contribution >= 0.6 is 12.4 Å². The first kappa shape index (κ1) is 18.2. The fourth-order valence-corrected chi connectivity index (χ4v) is 3.85. The molecule has 0 saturated carbocycles. The van der Waals surface area contributed by atoms with Gasteiger partial charge in [0.1, 0.15) is 17.5 Å². The first-order chi connectivity index (χ1) is 9.36. The maximum atomic E-state index is 13.6. The molecule has 120 valence electrons. The van der Waals surface area contributed by atoms with Gasteiger partial charge in [0.2, 0.25) is 10.0 Å². The van der Waals surface area contributed by atoms with Gasteiger partial charge in [-0.05, 0) is 19.9 Å². The van der Waals surface area contributed by atoms with E-state index in [0.717, 1.165) is 4.31 Å². The van der Waals surface area contributed by atoms with Gasteiger partial charge in [0.25, 0.3) is 0 Å². The number of benzene rings is 1. The summed E-state index contributed by atoms with van der Waals surface area (Å²) >= 11 is 0. The first-order valence-electron chi connectivity index (χ1n) is 6.18. The Morgan fingerprint density at radius 2 is 1.62 bits per heavy atom. The Morgan fingerprint density at radius 1 is 1.14 bits per heavy atom. The minimum atomic E-state index is -4.28. The van der Waals surface area contributed by atoms with Crippen LogP contribution in [0.5, 0.6) is 0 Å². The molecule has 1 aliphatic rings. The third-order valence-corrected chi connectivity index (χ3v) is 5.37. The Kier molecular flexibility index (Phi) is 6.03. The van der Waals surface area contributed by atoms with Crippen LogP contribution < -0.4 is 5.32 Å². The van der Waals surface area contributed by atoms with E-state index in [0.29, 0.717) is 25.0 Å². The summed E-state index contributed by atoms with van der Waals surface area (Å²) in [5, 5.41) is 3.03. The highest BCUT2D eigenvalue weighted by Gasteiger charge is 2.33. The SMILES string of the molecule is CNC1CCN(S(=O)(=O)c2c(F)cc(F)cc2F)CC1.Cl. The Bertz CT molecular complexity index is 582.